The lowest BCUT2D eigenvalue weighted by Gasteiger charge is -2.30. The number of halogens is 1. The number of benzene rings is 6. The standard InChI is InChI=1S/C41H30BrNO/c1-2-31-38-35-24-33(26-14-6-3-7-15-26)34(27-16-8-4-9-17-27)25-37(35)44-41(38)40(28-18-10-5-11-19-28)43-39(31)30-22-29-20-12-13-21-32(29)36(42)23-30/h3-25,31,39H,2H2,1H3. The van der Waals surface area contributed by atoms with Crippen LogP contribution in [0.2, 0.25) is 0 Å². The van der Waals surface area contributed by atoms with Crippen LogP contribution in [0.3, 0.4) is 0 Å². The zero-order chi connectivity index (χ0) is 29.6. The van der Waals surface area contributed by atoms with Gasteiger partial charge in [-0.3, -0.25) is 4.99 Å². The lowest BCUT2D eigenvalue weighted by atomic mass is 9.79. The second-order valence-corrected chi connectivity index (χ2v) is 12.4. The molecule has 7 aromatic rings. The topological polar surface area (TPSA) is 25.5 Å². The van der Waals surface area contributed by atoms with Gasteiger partial charge in [-0.25, -0.2) is 0 Å². The zero-order valence-electron chi connectivity index (χ0n) is 24.4. The average Bonchev–Trinajstić information content (AvgIpc) is 3.46. The normalized spacial score (nSPS) is 16.2. The molecule has 6 aromatic carbocycles. The van der Waals surface area contributed by atoms with Crippen molar-refractivity contribution in [1.82, 2.24) is 0 Å². The molecule has 2 atom stereocenters. The first kappa shape index (κ1) is 26.9. The molecule has 0 fully saturated rings. The molecule has 2 nitrogen and oxygen atoms in total. The Morgan fingerprint density at radius 1 is 0.636 bits per heavy atom. The fourth-order valence-corrected chi connectivity index (χ4v) is 7.48. The summed E-state index contributed by atoms with van der Waals surface area (Å²) in [5.74, 6) is 1.04. The Kier molecular flexibility index (Phi) is 6.76. The van der Waals surface area contributed by atoms with Crippen molar-refractivity contribution in [2.24, 2.45) is 4.99 Å². The van der Waals surface area contributed by atoms with Crippen LogP contribution in [-0.2, 0) is 0 Å². The summed E-state index contributed by atoms with van der Waals surface area (Å²) in [4.78, 5) is 5.52. The molecule has 0 spiro atoms. The van der Waals surface area contributed by atoms with E-state index >= 15 is 0 Å². The number of aliphatic imine (C=N–C) groups is 1. The van der Waals surface area contributed by atoms with E-state index < -0.39 is 0 Å². The molecule has 0 aliphatic carbocycles. The SMILES string of the molecule is CCC1c2c(oc3cc(-c4ccccc4)c(-c4ccccc4)cc23)C(c2ccccc2)=NC1c1cc(Br)c2ccccc2c1. The van der Waals surface area contributed by atoms with Gasteiger partial charge in [-0.15, -0.1) is 0 Å². The van der Waals surface area contributed by atoms with Crippen molar-refractivity contribution >= 4 is 43.4 Å². The predicted octanol–water partition coefficient (Wildman–Crippen LogP) is 11.8. The molecule has 0 amide bonds. The van der Waals surface area contributed by atoms with E-state index in [1.807, 2.05) is 0 Å². The van der Waals surface area contributed by atoms with Crippen LogP contribution >= 0.6 is 15.9 Å². The van der Waals surface area contributed by atoms with E-state index in [9.17, 15) is 0 Å². The van der Waals surface area contributed by atoms with Crippen LogP contribution < -0.4 is 0 Å². The molecular formula is C41H30BrNO. The Morgan fingerprint density at radius 2 is 1.23 bits per heavy atom. The fraction of sp³-hybridized carbons (Fsp3) is 0.0976. The van der Waals surface area contributed by atoms with Gasteiger partial charge in [0.2, 0.25) is 0 Å². The van der Waals surface area contributed by atoms with E-state index in [1.54, 1.807) is 0 Å². The van der Waals surface area contributed by atoms with Gasteiger partial charge < -0.3 is 4.42 Å². The summed E-state index contributed by atoms with van der Waals surface area (Å²) < 4.78 is 7.98. The summed E-state index contributed by atoms with van der Waals surface area (Å²) in [6.07, 6.45) is 0.934. The second kappa shape index (κ2) is 11.1. The molecule has 3 heteroatoms. The van der Waals surface area contributed by atoms with Gasteiger partial charge in [0.25, 0.3) is 0 Å². The summed E-state index contributed by atoms with van der Waals surface area (Å²) in [7, 11) is 0. The van der Waals surface area contributed by atoms with Crippen molar-refractivity contribution in [3.05, 3.63) is 166 Å². The minimum absolute atomic E-state index is 0.0570. The smallest absolute Gasteiger partial charge is 0.157 e. The van der Waals surface area contributed by atoms with E-state index in [0.717, 1.165) is 39.1 Å². The molecule has 0 N–H and O–H groups in total. The number of hydrogen-bond donors (Lipinski definition) is 0. The Bertz CT molecular complexity index is 2160. The number of hydrogen-bond acceptors (Lipinski definition) is 2. The quantitative estimate of drug-likeness (QED) is 0.185. The van der Waals surface area contributed by atoms with E-state index in [2.05, 4.69) is 162 Å². The van der Waals surface area contributed by atoms with Gasteiger partial charge in [0.1, 0.15) is 11.3 Å². The molecule has 212 valence electrons. The maximum absolute atomic E-state index is 6.88. The Labute approximate surface area is 265 Å². The molecule has 0 saturated heterocycles. The van der Waals surface area contributed by atoms with Crippen LogP contribution in [0.25, 0.3) is 44.0 Å². The van der Waals surface area contributed by atoms with Crippen LogP contribution in [0, 0.1) is 0 Å². The zero-order valence-corrected chi connectivity index (χ0v) is 26.0. The van der Waals surface area contributed by atoms with Gasteiger partial charge in [0, 0.05) is 26.9 Å². The van der Waals surface area contributed by atoms with Gasteiger partial charge in [-0.05, 0) is 69.3 Å². The number of fused-ring (bicyclic) bond motifs is 4. The van der Waals surface area contributed by atoms with Crippen LogP contribution in [0.5, 0.6) is 0 Å². The lowest BCUT2D eigenvalue weighted by Crippen LogP contribution is -2.20. The first-order valence-corrected chi connectivity index (χ1v) is 16.0. The third-order valence-electron chi connectivity index (χ3n) is 8.93. The van der Waals surface area contributed by atoms with Crippen molar-refractivity contribution in [3.63, 3.8) is 0 Å². The fourth-order valence-electron chi connectivity index (χ4n) is 6.86. The largest absolute Gasteiger partial charge is 0.454 e. The second-order valence-electron chi connectivity index (χ2n) is 11.5. The number of nitrogens with zero attached hydrogens (tertiary/aromatic N) is 1. The van der Waals surface area contributed by atoms with E-state index in [-0.39, 0.29) is 12.0 Å². The molecule has 0 radical (unpaired) electrons. The number of furan rings is 1. The molecule has 1 aliphatic heterocycles. The van der Waals surface area contributed by atoms with Crippen molar-refractivity contribution < 1.29 is 4.42 Å². The van der Waals surface area contributed by atoms with Gasteiger partial charge in [0.05, 0.1) is 6.04 Å². The lowest BCUT2D eigenvalue weighted by molar-refractivity contribution is 0.509. The highest BCUT2D eigenvalue weighted by molar-refractivity contribution is 9.10. The number of rotatable bonds is 5. The van der Waals surface area contributed by atoms with Gasteiger partial charge >= 0.3 is 0 Å². The van der Waals surface area contributed by atoms with Gasteiger partial charge in [0.15, 0.2) is 5.76 Å². The molecule has 2 heterocycles. The monoisotopic (exact) mass is 631 g/mol. The van der Waals surface area contributed by atoms with E-state index in [0.29, 0.717) is 0 Å². The molecule has 1 aliphatic rings. The Hall–Kier alpha value is -4.73. The van der Waals surface area contributed by atoms with Crippen molar-refractivity contribution in [2.75, 3.05) is 0 Å². The molecule has 44 heavy (non-hydrogen) atoms. The van der Waals surface area contributed by atoms with Crippen molar-refractivity contribution in [2.45, 2.75) is 25.3 Å². The molecular weight excluding hydrogens is 602 g/mol. The maximum atomic E-state index is 6.88. The summed E-state index contributed by atoms with van der Waals surface area (Å²) >= 11 is 3.88. The summed E-state index contributed by atoms with van der Waals surface area (Å²) in [6, 6.07) is 49.5. The van der Waals surface area contributed by atoms with Crippen LogP contribution in [-0.4, -0.2) is 5.71 Å². The highest BCUT2D eigenvalue weighted by atomic mass is 79.9. The Balaban J connectivity index is 1.41. The Morgan fingerprint density at radius 3 is 1.89 bits per heavy atom. The first-order chi connectivity index (χ1) is 21.7. The van der Waals surface area contributed by atoms with Crippen LogP contribution in [0.4, 0.5) is 0 Å². The molecule has 1 aromatic heterocycles. The van der Waals surface area contributed by atoms with Crippen LogP contribution in [0.15, 0.2) is 153 Å². The highest BCUT2D eigenvalue weighted by Gasteiger charge is 2.37. The summed E-state index contributed by atoms with van der Waals surface area (Å²) in [5, 5.41) is 3.59. The molecule has 8 rings (SSSR count). The molecule has 0 saturated carbocycles. The highest BCUT2D eigenvalue weighted by Crippen LogP contribution is 2.49. The summed E-state index contributed by atoms with van der Waals surface area (Å²) in [5.41, 5.74) is 10.1. The van der Waals surface area contributed by atoms with Crippen molar-refractivity contribution in [1.29, 1.82) is 0 Å². The molecule has 0 bridgehead atoms. The van der Waals surface area contributed by atoms with E-state index in [1.165, 1.54) is 44.0 Å². The van der Waals surface area contributed by atoms with Crippen LogP contribution in [0.1, 0.15) is 47.8 Å². The minimum atomic E-state index is -0.0570. The van der Waals surface area contributed by atoms with Gasteiger partial charge in [-0.1, -0.05) is 138 Å². The molecule has 2 unspecified atom stereocenters. The third kappa shape index (κ3) is 4.51. The summed E-state index contributed by atoms with van der Waals surface area (Å²) in [6.45, 7) is 2.27. The first-order valence-electron chi connectivity index (χ1n) is 15.2. The third-order valence-corrected chi connectivity index (χ3v) is 9.59. The average molecular weight is 633 g/mol. The van der Waals surface area contributed by atoms with E-state index in [4.69, 9.17) is 9.41 Å². The van der Waals surface area contributed by atoms with Gasteiger partial charge in [-0.2, -0.15) is 0 Å². The minimum Gasteiger partial charge on any atom is -0.454 e. The van der Waals surface area contributed by atoms with Crippen molar-refractivity contribution in [3.8, 4) is 22.3 Å². The maximum Gasteiger partial charge on any atom is 0.157 e. The predicted molar refractivity (Wildman–Crippen MR) is 187 cm³/mol.